The number of anilines is 1. The van der Waals surface area contributed by atoms with Crippen LogP contribution in [0.4, 0.5) is 5.69 Å². The summed E-state index contributed by atoms with van der Waals surface area (Å²) < 4.78 is 35.0. The number of benzene rings is 2. The molecule has 0 bridgehead atoms. The molecule has 1 atom stereocenters. The number of aromatic nitrogens is 3. The van der Waals surface area contributed by atoms with Gasteiger partial charge in [-0.3, -0.25) is 18.9 Å². The van der Waals surface area contributed by atoms with Gasteiger partial charge in [-0.05, 0) is 48.0 Å². The molecule has 37 heavy (non-hydrogen) atoms. The van der Waals surface area contributed by atoms with Crippen molar-refractivity contribution in [1.82, 2.24) is 19.9 Å². The Morgan fingerprint density at radius 3 is 2.51 bits per heavy atom. The molecule has 10 nitrogen and oxygen atoms in total. The van der Waals surface area contributed by atoms with Crippen molar-refractivity contribution in [2.75, 3.05) is 18.9 Å². The second-order valence-electron chi connectivity index (χ2n) is 8.29. The smallest absolute Gasteiger partial charge is 0.262 e. The minimum Gasteiger partial charge on any atom is -0.480 e. The molecule has 0 unspecified atom stereocenters. The summed E-state index contributed by atoms with van der Waals surface area (Å²) in [5.74, 6) is -0.528. The normalized spacial score (nSPS) is 12.2. The quantitative estimate of drug-likeness (QED) is 0.350. The molecule has 2 N–H and O–H groups in total. The van der Waals surface area contributed by atoms with Crippen LogP contribution in [0.15, 0.2) is 70.7 Å². The maximum atomic E-state index is 13.1. The van der Waals surface area contributed by atoms with Gasteiger partial charge in [-0.1, -0.05) is 24.6 Å². The van der Waals surface area contributed by atoms with Crippen LogP contribution in [0, 0.1) is 5.92 Å². The van der Waals surface area contributed by atoms with Crippen molar-refractivity contribution in [3.8, 4) is 17.0 Å². The van der Waals surface area contributed by atoms with Crippen LogP contribution in [0.1, 0.15) is 6.92 Å². The number of rotatable bonds is 8. The first kappa shape index (κ1) is 26.1. The van der Waals surface area contributed by atoms with E-state index >= 15 is 0 Å². The number of hydrogen-bond acceptors (Lipinski definition) is 7. The minimum atomic E-state index is -3.95. The average Bonchev–Trinajstić information content (AvgIpc) is 2.89. The Bertz CT molecular complexity index is 1640. The average molecular weight is 542 g/mol. The van der Waals surface area contributed by atoms with Gasteiger partial charge in [0, 0.05) is 30.4 Å². The summed E-state index contributed by atoms with van der Waals surface area (Å²) in [6.07, 6.45) is 2.94. The van der Waals surface area contributed by atoms with Crippen molar-refractivity contribution in [1.29, 1.82) is 0 Å². The third-order valence-electron chi connectivity index (χ3n) is 5.73. The molecule has 4 rings (SSSR count). The maximum absolute atomic E-state index is 13.1. The summed E-state index contributed by atoms with van der Waals surface area (Å²) in [7, 11) is -1.03. The molecule has 1 amide bonds. The van der Waals surface area contributed by atoms with Crippen LogP contribution >= 0.6 is 11.6 Å². The van der Waals surface area contributed by atoms with Crippen LogP contribution in [0.3, 0.4) is 0 Å². The molecule has 0 saturated carbocycles. The Hall–Kier alpha value is -3.96. The van der Waals surface area contributed by atoms with Gasteiger partial charge in [0.25, 0.3) is 15.6 Å². The number of halogens is 1. The van der Waals surface area contributed by atoms with E-state index in [4.69, 9.17) is 16.3 Å². The Morgan fingerprint density at radius 1 is 1.11 bits per heavy atom. The van der Waals surface area contributed by atoms with Gasteiger partial charge in [0.1, 0.15) is 5.69 Å². The van der Waals surface area contributed by atoms with E-state index in [1.165, 1.54) is 48.5 Å². The minimum absolute atomic E-state index is 0.0210. The van der Waals surface area contributed by atoms with Crippen LogP contribution in [0.25, 0.3) is 22.0 Å². The Labute approximate surface area is 218 Å². The van der Waals surface area contributed by atoms with Crippen molar-refractivity contribution >= 4 is 44.1 Å². The molecule has 0 spiro atoms. The molecule has 4 aromatic rings. The van der Waals surface area contributed by atoms with Crippen LogP contribution in [0.2, 0.25) is 5.02 Å². The second-order valence-corrected chi connectivity index (χ2v) is 10.4. The number of hydrogen-bond donors (Lipinski definition) is 2. The predicted molar refractivity (Wildman–Crippen MR) is 141 cm³/mol. The van der Waals surface area contributed by atoms with Gasteiger partial charge < -0.3 is 10.1 Å². The van der Waals surface area contributed by atoms with Gasteiger partial charge in [0.2, 0.25) is 11.8 Å². The SMILES string of the molecule is CNC(=O)[C@@H](C)Cn1cnc2ccc(-c3cnc(OC)c(NS(=O)(=O)c4ccc(Cl)cc4)c3)cc2c1=O. The lowest BCUT2D eigenvalue weighted by Crippen LogP contribution is -2.32. The Kier molecular flexibility index (Phi) is 7.46. The van der Waals surface area contributed by atoms with Gasteiger partial charge in [-0.2, -0.15) is 0 Å². The third-order valence-corrected chi connectivity index (χ3v) is 7.37. The lowest BCUT2D eigenvalue weighted by atomic mass is 10.0. The second kappa shape index (κ2) is 10.6. The Morgan fingerprint density at radius 2 is 1.84 bits per heavy atom. The number of fused-ring (bicyclic) bond motifs is 1. The van der Waals surface area contributed by atoms with E-state index in [2.05, 4.69) is 20.0 Å². The number of carbonyl (C=O) groups is 1. The number of nitrogens with zero attached hydrogens (tertiary/aromatic N) is 3. The predicted octanol–water partition coefficient (Wildman–Crippen LogP) is 3.30. The number of pyridine rings is 1. The highest BCUT2D eigenvalue weighted by Crippen LogP contribution is 2.31. The highest BCUT2D eigenvalue weighted by molar-refractivity contribution is 7.92. The summed E-state index contributed by atoms with van der Waals surface area (Å²) in [6, 6.07) is 12.4. The third kappa shape index (κ3) is 5.57. The molecular weight excluding hydrogens is 518 g/mol. The number of nitrogens with one attached hydrogen (secondary N) is 2. The number of methoxy groups -OCH3 is 1. The summed E-state index contributed by atoms with van der Waals surface area (Å²) in [5, 5.41) is 3.33. The van der Waals surface area contributed by atoms with Gasteiger partial charge in [0.15, 0.2) is 0 Å². The number of carbonyl (C=O) groups excluding carboxylic acids is 1. The first-order valence-corrected chi connectivity index (χ1v) is 13.0. The molecular formula is C25H24ClN5O5S. The van der Waals surface area contributed by atoms with Crippen molar-refractivity contribution in [3.63, 3.8) is 0 Å². The fourth-order valence-corrected chi connectivity index (χ4v) is 4.93. The molecule has 2 aromatic carbocycles. The van der Waals surface area contributed by atoms with Gasteiger partial charge in [0.05, 0.1) is 35.2 Å². The van der Waals surface area contributed by atoms with Crippen molar-refractivity contribution in [2.24, 2.45) is 5.92 Å². The van der Waals surface area contributed by atoms with Crippen LogP contribution < -0.4 is 20.3 Å². The monoisotopic (exact) mass is 541 g/mol. The standard InChI is InChI=1S/C25H24ClN5O5S/c1-15(23(32)27-2)13-31-14-29-21-9-4-16(10-20(21)25(31)33)17-11-22(24(36-3)28-12-17)30-37(34,35)19-7-5-18(26)6-8-19/h4-12,14-15,30H,13H2,1-3H3,(H,27,32)/t15-/m0/s1. The molecule has 0 saturated heterocycles. The zero-order chi connectivity index (χ0) is 26.7. The first-order chi connectivity index (χ1) is 17.6. The van der Waals surface area contributed by atoms with Gasteiger partial charge in [-0.15, -0.1) is 0 Å². The van der Waals surface area contributed by atoms with E-state index in [0.717, 1.165) is 0 Å². The molecule has 0 aliphatic rings. The summed E-state index contributed by atoms with van der Waals surface area (Å²) in [5.41, 5.74) is 1.48. The topological polar surface area (TPSA) is 132 Å². The zero-order valence-corrected chi connectivity index (χ0v) is 21.8. The van der Waals surface area contributed by atoms with Gasteiger partial charge >= 0.3 is 0 Å². The lowest BCUT2D eigenvalue weighted by molar-refractivity contribution is -0.124. The molecule has 12 heteroatoms. The van der Waals surface area contributed by atoms with E-state index in [1.807, 2.05) is 0 Å². The van der Waals surface area contributed by atoms with Crippen LogP contribution in [-0.4, -0.2) is 43.0 Å². The Balaban J connectivity index is 1.72. The van der Waals surface area contributed by atoms with Crippen LogP contribution in [0.5, 0.6) is 5.88 Å². The number of amides is 1. The van der Waals surface area contributed by atoms with Gasteiger partial charge in [-0.25, -0.2) is 18.4 Å². The highest BCUT2D eigenvalue weighted by Gasteiger charge is 2.19. The van der Waals surface area contributed by atoms with E-state index in [1.54, 1.807) is 38.2 Å². The largest absolute Gasteiger partial charge is 0.480 e. The lowest BCUT2D eigenvalue weighted by Gasteiger charge is -2.14. The fraction of sp³-hybridized carbons (Fsp3) is 0.200. The van der Waals surface area contributed by atoms with E-state index < -0.39 is 15.9 Å². The number of ether oxygens (including phenoxy) is 1. The molecule has 0 aliphatic heterocycles. The van der Waals surface area contributed by atoms with E-state index in [9.17, 15) is 18.0 Å². The molecule has 0 radical (unpaired) electrons. The summed E-state index contributed by atoms with van der Waals surface area (Å²) >= 11 is 5.87. The zero-order valence-electron chi connectivity index (χ0n) is 20.2. The van der Waals surface area contributed by atoms with Crippen molar-refractivity contribution in [2.45, 2.75) is 18.4 Å². The maximum Gasteiger partial charge on any atom is 0.262 e. The van der Waals surface area contributed by atoms with Crippen LogP contribution in [-0.2, 0) is 21.4 Å². The summed E-state index contributed by atoms with van der Waals surface area (Å²) in [6.45, 7) is 1.90. The summed E-state index contributed by atoms with van der Waals surface area (Å²) in [4.78, 5) is 33.7. The molecule has 192 valence electrons. The molecule has 2 heterocycles. The molecule has 2 aromatic heterocycles. The van der Waals surface area contributed by atoms with E-state index in [-0.39, 0.29) is 34.5 Å². The first-order valence-electron chi connectivity index (χ1n) is 11.2. The number of sulfonamides is 1. The molecule has 0 fully saturated rings. The van der Waals surface area contributed by atoms with Crippen molar-refractivity contribution in [3.05, 3.63) is 76.4 Å². The van der Waals surface area contributed by atoms with Crippen molar-refractivity contribution < 1.29 is 17.9 Å². The van der Waals surface area contributed by atoms with E-state index in [0.29, 0.717) is 27.1 Å². The highest BCUT2D eigenvalue weighted by atomic mass is 35.5. The fourth-order valence-electron chi connectivity index (χ4n) is 3.76. The molecule has 0 aliphatic carbocycles.